The number of imide groups is 1. The van der Waals surface area contributed by atoms with E-state index in [-0.39, 0.29) is 11.8 Å². The summed E-state index contributed by atoms with van der Waals surface area (Å²) in [7, 11) is 0. The maximum atomic E-state index is 11.6. The standard InChI is InChI=1S/C14H14N4O2/c1-2-18-6-5-15-12(18)8-16-9-3-4-10-11(7-9)14(20)17-13(10)19/h3-7,16H,2,8H2,1H3,(H,17,19,20). The molecule has 0 fully saturated rings. The van der Waals surface area contributed by atoms with E-state index in [2.05, 4.69) is 22.5 Å². The molecule has 1 aliphatic rings. The molecule has 0 spiro atoms. The van der Waals surface area contributed by atoms with Gasteiger partial charge in [-0.1, -0.05) is 0 Å². The zero-order valence-electron chi connectivity index (χ0n) is 11.0. The van der Waals surface area contributed by atoms with E-state index in [0.717, 1.165) is 18.1 Å². The molecule has 0 saturated carbocycles. The molecule has 3 rings (SSSR count). The van der Waals surface area contributed by atoms with Crippen molar-refractivity contribution in [3.05, 3.63) is 47.5 Å². The van der Waals surface area contributed by atoms with Gasteiger partial charge in [-0.25, -0.2) is 4.98 Å². The third-order valence-corrected chi connectivity index (χ3v) is 3.33. The van der Waals surface area contributed by atoms with Gasteiger partial charge in [-0.05, 0) is 25.1 Å². The molecule has 1 aromatic heterocycles. The van der Waals surface area contributed by atoms with E-state index in [1.165, 1.54) is 0 Å². The molecule has 0 atom stereocenters. The summed E-state index contributed by atoms with van der Waals surface area (Å²) < 4.78 is 2.04. The minimum atomic E-state index is -0.344. The van der Waals surface area contributed by atoms with Crippen LogP contribution in [-0.4, -0.2) is 21.4 Å². The van der Waals surface area contributed by atoms with Gasteiger partial charge in [-0.15, -0.1) is 0 Å². The quantitative estimate of drug-likeness (QED) is 0.823. The van der Waals surface area contributed by atoms with Crippen LogP contribution in [0.1, 0.15) is 33.5 Å². The number of fused-ring (bicyclic) bond motifs is 1. The van der Waals surface area contributed by atoms with Crippen LogP contribution in [0, 0.1) is 0 Å². The van der Waals surface area contributed by atoms with Crippen LogP contribution in [0.3, 0.4) is 0 Å². The number of aryl methyl sites for hydroxylation is 1. The average Bonchev–Trinajstić information content (AvgIpc) is 3.02. The first-order valence-corrected chi connectivity index (χ1v) is 6.42. The van der Waals surface area contributed by atoms with E-state index in [1.807, 2.05) is 10.8 Å². The van der Waals surface area contributed by atoms with Crippen LogP contribution in [0.4, 0.5) is 5.69 Å². The highest BCUT2D eigenvalue weighted by Crippen LogP contribution is 2.20. The Bertz CT molecular complexity index is 690. The lowest BCUT2D eigenvalue weighted by atomic mass is 10.1. The van der Waals surface area contributed by atoms with Crippen LogP contribution in [0.15, 0.2) is 30.6 Å². The molecule has 0 saturated heterocycles. The van der Waals surface area contributed by atoms with Gasteiger partial charge in [0.2, 0.25) is 0 Å². The molecule has 2 aromatic rings. The molecule has 102 valence electrons. The third kappa shape index (κ3) is 2.05. The topological polar surface area (TPSA) is 76.0 Å². The molecule has 1 aromatic carbocycles. The summed E-state index contributed by atoms with van der Waals surface area (Å²) in [5, 5.41) is 5.49. The van der Waals surface area contributed by atoms with Crippen molar-refractivity contribution in [3.63, 3.8) is 0 Å². The summed E-state index contributed by atoms with van der Waals surface area (Å²) in [5.74, 6) is 0.246. The summed E-state index contributed by atoms with van der Waals surface area (Å²) in [6.07, 6.45) is 3.68. The summed E-state index contributed by atoms with van der Waals surface area (Å²) in [6.45, 7) is 3.48. The molecule has 0 aliphatic carbocycles. The van der Waals surface area contributed by atoms with E-state index in [4.69, 9.17) is 0 Å². The largest absolute Gasteiger partial charge is 0.378 e. The zero-order chi connectivity index (χ0) is 14.1. The Balaban J connectivity index is 1.78. The molecule has 0 unspecified atom stereocenters. The van der Waals surface area contributed by atoms with Gasteiger partial charge in [0.25, 0.3) is 11.8 Å². The van der Waals surface area contributed by atoms with Gasteiger partial charge in [-0.2, -0.15) is 0 Å². The van der Waals surface area contributed by atoms with Gasteiger partial charge in [0.05, 0.1) is 17.7 Å². The first-order valence-electron chi connectivity index (χ1n) is 6.42. The fraction of sp³-hybridized carbons (Fsp3) is 0.214. The van der Waals surface area contributed by atoms with Gasteiger partial charge >= 0.3 is 0 Å². The molecule has 6 nitrogen and oxygen atoms in total. The number of amides is 2. The van der Waals surface area contributed by atoms with Crippen molar-refractivity contribution in [3.8, 4) is 0 Å². The maximum absolute atomic E-state index is 11.6. The first-order chi connectivity index (χ1) is 9.69. The number of nitrogens with zero attached hydrogens (tertiary/aromatic N) is 2. The van der Waals surface area contributed by atoms with Gasteiger partial charge in [0.1, 0.15) is 5.82 Å². The second kappa shape index (κ2) is 4.80. The van der Waals surface area contributed by atoms with Crippen molar-refractivity contribution in [2.75, 3.05) is 5.32 Å². The minimum Gasteiger partial charge on any atom is -0.378 e. The van der Waals surface area contributed by atoms with Crippen LogP contribution in [0.5, 0.6) is 0 Å². The molecular formula is C14H14N4O2. The smallest absolute Gasteiger partial charge is 0.259 e. The maximum Gasteiger partial charge on any atom is 0.259 e. The second-order valence-corrected chi connectivity index (χ2v) is 4.53. The van der Waals surface area contributed by atoms with Crippen molar-refractivity contribution in [1.82, 2.24) is 14.9 Å². The Kier molecular flexibility index (Phi) is 2.98. The van der Waals surface area contributed by atoms with Crippen molar-refractivity contribution >= 4 is 17.5 Å². The SMILES string of the molecule is CCn1ccnc1CNc1ccc2c(c1)C(=O)NC2=O. The lowest BCUT2D eigenvalue weighted by Crippen LogP contribution is -2.19. The predicted molar refractivity (Wildman–Crippen MR) is 73.5 cm³/mol. The molecule has 0 radical (unpaired) electrons. The Hall–Kier alpha value is -2.63. The zero-order valence-corrected chi connectivity index (χ0v) is 11.0. The van der Waals surface area contributed by atoms with Crippen molar-refractivity contribution in [2.45, 2.75) is 20.0 Å². The number of nitrogens with one attached hydrogen (secondary N) is 2. The van der Waals surface area contributed by atoms with E-state index in [0.29, 0.717) is 17.7 Å². The number of anilines is 1. The van der Waals surface area contributed by atoms with Gasteiger partial charge < -0.3 is 9.88 Å². The Morgan fingerprint density at radius 1 is 1.25 bits per heavy atom. The highest BCUT2D eigenvalue weighted by Gasteiger charge is 2.26. The summed E-state index contributed by atoms with van der Waals surface area (Å²) in [4.78, 5) is 27.3. The second-order valence-electron chi connectivity index (χ2n) is 4.53. The Morgan fingerprint density at radius 3 is 2.85 bits per heavy atom. The Morgan fingerprint density at radius 2 is 2.05 bits per heavy atom. The number of rotatable bonds is 4. The Labute approximate surface area is 115 Å². The van der Waals surface area contributed by atoms with Crippen LogP contribution in [0.2, 0.25) is 0 Å². The molecule has 20 heavy (non-hydrogen) atoms. The highest BCUT2D eigenvalue weighted by molar-refractivity contribution is 6.21. The molecule has 6 heteroatoms. The number of carbonyl (C=O) groups excluding carboxylic acids is 2. The first kappa shape index (κ1) is 12.4. The van der Waals surface area contributed by atoms with Gasteiger partial charge in [-0.3, -0.25) is 14.9 Å². The highest BCUT2D eigenvalue weighted by atomic mass is 16.2. The molecule has 1 aliphatic heterocycles. The number of carbonyl (C=O) groups is 2. The minimum absolute atomic E-state index is 0.335. The van der Waals surface area contributed by atoms with Crippen molar-refractivity contribution in [1.29, 1.82) is 0 Å². The molecule has 2 N–H and O–H groups in total. The molecule has 2 heterocycles. The van der Waals surface area contributed by atoms with Crippen molar-refractivity contribution < 1.29 is 9.59 Å². The predicted octanol–water partition coefficient (Wildman–Crippen LogP) is 1.40. The fourth-order valence-electron chi connectivity index (χ4n) is 2.25. The van der Waals surface area contributed by atoms with E-state index in [1.54, 1.807) is 24.4 Å². The normalized spacial score (nSPS) is 13.2. The molecule has 0 bridgehead atoms. The lowest BCUT2D eigenvalue weighted by molar-refractivity contribution is 0.0879. The van der Waals surface area contributed by atoms with Gasteiger partial charge in [0.15, 0.2) is 0 Å². The number of benzene rings is 1. The fourth-order valence-corrected chi connectivity index (χ4v) is 2.25. The summed E-state index contributed by atoms with van der Waals surface area (Å²) in [6, 6.07) is 5.13. The summed E-state index contributed by atoms with van der Waals surface area (Å²) >= 11 is 0. The molecule has 2 amide bonds. The number of hydrogen-bond acceptors (Lipinski definition) is 4. The van der Waals surface area contributed by atoms with E-state index >= 15 is 0 Å². The number of aromatic nitrogens is 2. The average molecular weight is 270 g/mol. The van der Waals surface area contributed by atoms with E-state index < -0.39 is 0 Å². The summed E-state index contributed by atoms with van der Waals surface area (Å²) in [5.41, 5.74) is 1.63. The van der Waals surface area contributed by atoms with Crippen LogP contribution < -0.4 is 10.6 Å². The van der Waals surface area contributed by atoms with Crippen LogP contribution in [0.25, 0.3) is 0 Å². The number of hydrogen-bond donors (Lipinski definition) is 2. The van der Waals surface area contributed by atoms with Gasteiger partial charge in [0, 0.05) is 24.6 Å². The van der Waals surface area contributed by atoms with Crippen LogP contribution in [-0.2, 0) is 13.1 Å². The number of imidazole rings is 1. The van der Waals surface area contributed by atoms with Crippen molar-refractivity contribution in [2.24, 2.45) is 0 Å². The molecular weight excluding hydrogens is 256 g/mol. The van der Waals surface area contributed by atoms with Crippen LogP contribution >= 0.6 is 0 Å². The monoisotopic (exact) mass is 270 g/mol. The lowest BCUT2D eigenvalue weighted by Gasteiger charge is -2.08. The third-order valence-electron chi connectivity index (χ3n) is 3.33. The van der Waals surface area contributed by atoms with E-state index in [9.17, 15) is 9.59 Å².